The molecule has 0 aliphatic carbocycles. The molecule has 4 rings (SSSR count). The predicted octanol–water partition coefficient (Wildman–Crippen LogP) is 3.14. The Morgan fingerprint density at radius 3 is 2.90 bits per heavy atom. The summed E-state index contributed by atoms with van der Waals surface area (Å²) in [6.45, 7) is 0.170. The molecule has 1 unspecified atom stereocenters. The molecule has 1 atom stereocenters. The first kappa shape index (κ1) is 20.0. The third-order valence-electron chi connectivity index (χ3n) is 4.83. The summed E-state index contributed by atoms with van der Waals surface area (Å²) in [4.78, 5) is 8.51. The van der Waals surface area contributed by atoms with Crippen LogP contribution in [-0.2, 0) is 9.47 Å². The number of nitrogens with one attached hydrogen (secondary N) is 2. The molecule has 0 amide bonds. The van der Waals surface area contributed by atoms with Gasteiger partial charge in [0.2, 0.25) is 5.95 Å². The van der Waals surface area contributed by atoms with Crippen molar-refractivity contribution >= 4 is 29.1 Å². The van der Waals surface area contributed by atoms with Crippen molar-refractivity contribution in [3.8, 4) is 5.88 Å². The molecule has 12 heteroatoms. The van der Waals surface area contributed by atoms with Crippen molar-refractivity contribution in [3.63, 3.8) is 0 Å². The lowest BCUT2D eigenvalue weighted by molar-refractivity contribution is -0.165. The van der Waals surface area contributed by atoms with Gasteiger partial charge in [-0.3, -0.25) is 4.68 Å². The van der Waals surface area contributed by atoms with Gasteiger partial charge in [-0.25, -0.2) is 4.98 Å². The van der Waals surface area contributed by atoms with Crippen LogP contribution in [0.4, 0.5) is 26.2 Å². The van der Waals surface area contributed by atoms with E-state index in [2.05, 4.69) is 30.4 Å². The molecule has 9 nitrogen and oxygen atoms in total. The molecular formula is C17H21ClF2N6O3. The summed E-state index contributed by atoms with van der Waals surface area (Å²) in [5.41, 5.74) is 1.40. The van der Waals surface area contributed by atoms with Crippen molar-refractivity contribution < 1.29 is 23.0 Å². The summed E-state index contributed by atoms with van der Waals surface area (Å²) < 4.78 is 43.4. The second-order valence-electron chi connectivity index (χ2n) is 6.78. The van der Waals surface area contributed by atoms with Gasteiger partial charge in [0.05, 0.1) is 17.9 Å². The molecule has 2 aromatic rings. The van der Waals surface area contributed by atoms with Gasteiger partial charge in [-0.1, -0.05) is 11.6 Å². The van der Waals surface area contributed by atoms with Gasteiger partial charge in [0.25, 0.3) is 5.88 Å². The maximum absolute atomic E-state index is 12.8. The summed E-state index contributed by atoms with van der Waals surface area (Å²) in [5, 5.41) is 10.9. The van der Waals surface area contributed by atoms with Crippen molar-refractivity contribution in [1.29, 1.82) is 0 Å². The molecule has 1 saturated heterocycles. The van der Waals surface area contributed by atoms with E-state index >= 15 is 0 Å². The van der Waals surface area contributed by atoms with Crippen molar-refractivity contribution in [2.75, 3.05) is 37.0 Å². The van der Waals surface area contributed by atoms with Crippen molar-refractivity contribution in [2.24, 2.45) is 0 Å². The Morgan fingerprint density at radius 2 is 2.14 bits per heavy atom. The molecule has 2 aliphatic heterocycles. The van der Waals surface area contributed by atoms with E-state index in [4.69, 9.17) is 21.1 Å². The average molecular weight is 431 g/mol. The maximum atomic E-state index is 12.8. The van der Waals surface area contributed by atoms with Gasteiger partial charge >= 0.3 is 6.61 Å². The Kier molecular flexibility index (Phi) is 5.97. The topological polar surface area (TPSA) is 95.4 Å². The molecule has 2 aliphatic rings. The Labute approximate surface area is 170 Å². The first-order valence-corrected chi connectivity index (χ1v) is 9.65. The summed E-state index contributed by atoms with van der Waals surface area (Å²) >= 11 is 6.12. The number of hydrogen-bond donors (Lipinski definition) is 2. The Hall–Kier alpha value is -2.24. The number of rotatable bonds is 3. The molecule has 2 aromatic heterocycles. The quantitative estimate of drug-likeness (QED) is 0.766. The molecule has 0 spiro atoms. The Bertz CT molecular complexity index is 862. The first-order valence-electron chi connectivity index (χ1n) is 9.28. The zero-order valence-corrected chi connectivity index (χ0v) is 16.5. The minimum absolute atomic E-state index is 0.0233. The van der Waals surface area contributed by atoms with E-state index in [0.29, 0.717) is 24.7 Å². The lowest BCUT2D eigenvalue weighted by atomic mass is 10.1. The third-order valence-corrected chi connectivity index (χ3v) is 5.11. The number of fused-ring (bicyclic) bond motifs is 3. The Balaban J connectivity index is 1.70. The summed E-state index contributed by atoms with van der Waals surface area (Å²) in [7, 11) is 0. The van der Waals surface area contributed by atoms with Gasteiger partial charge in [0, 0.05) is 19.8 Å². The third kappa shape index (κ3) is 4.51. The van der Waals surface area contributed by atoms with Gasteiger partial charge in [0.1, 0.15) is 23.4 Å². The van der Waals surface area contributed by atoms with E-state index in [1.165, 1.54) is 6.20 Å². The lowest BCUT2D eigenvalue weighted by Gasteiger charge is -2.23. The van der Waals surface area contributed by atoms with Gasteiger partial charge in [-0.15, -0.1) is 5.10 Å². The second-order valence-corrected chi connectivity index (χ2v) is 7.19. The zero-order valence-electron chi connectivity index (χ0n) is 15.7. The largest absolute Gasteiger partial charge is 0.472 e. The van der Waals surface area contributed by atoms with E-state index in [0.717, 1.165) is 18.5 Å². The molecule has 29 heavy (non-hydrogen) atoms. The molecule has 4 heterocycles. The number of halogens is 3. The predicted molar refractivity (Wildman–Crippen MR) is 101 cm³/mol. The SMILES string of the molecule is Cc1c2c(nn1C1CCOCC1)OCC(OC(F)F)CNc1nc(ncc1Cl)N2. The average Bonchev–Trinajstić information content (AvgIpc) is 3.00. The number of nitrogens with zero attached hydrogens (tertiary/aromatic N) is 4. The zero-order chi connectivity index (χ0) is 20.4. The van der Waals surface area contributed by atoms with Crippen molar-refractivity contribution in [1.82, 2.24) is 19.7 Å². The van der Waals surface area contributed by atoms with Crippen LogP contribution in [0.2, 0.25) is 5.02 Å². The molecule has 2 bridgehead atoms. The molecule has 0 saturated carbocycles. The molecule has 158 valence electrons. The van der Waals surface area contributed by atoms with Crippen LogP contribution in [0.25, 0.3) is 0 Å². The standard InChI is InChI=1S/C17H21ClF2N6O3/c1-9-13-15(25-26(9)10-2-4-27-5-3-10)28-8-11(29-16(19)20)6-21-14-12(18)7-22-17(23-13)24-14/h7,10-11,16H,2-6,8H2,1H3,(H2,21,22,23,24). The van der Waals surface area contributed by atoms with E-state index in [-0.39, 0.29) is 36.0 Å². The molecule has 2 N–H and O–H groups in total. The minimum atomic E-state index is -2.94. The van der Waals surface area contributed by atoms with Gasteiger partial charge < -0.3 is 24.8 Å². The number of alkyl halides is 2. The van der Waals surface area contributed by atoms with E-state index in [9.17, 15) is 8.78 Å². The monoisotopic (exact) mass is 430 g/mol. The van der Waals surface area contributed by atoms with Crippen LogP contribution in [0, 0.1) is 6.92 Å². The van der Waals surface area contributed by atoms with Crippen LogP contribution in [0.5, 0.6) is 5.88 Å². The molecule has 0 aromatic carbocycles. The van der Waals surface area contributed by atoms with Gasteiger partial charge in [-0.2, -0.15) is 13.8 Å². The van der Waals surface area contributed by atoms with Crippen LogP contribution in [0.3, 0.4) is 0 Å². The van der Waals surface area contributed by atoms with Gasteiger partial charge in [0.15, 0.2) is 5.82 Å². The highest BCUT2D eigenvalue weighted by Crippen LogP contribution is 2.35. The van der Waals surface area contributed by atoms with Crippen molar-refractivity contribution in [2.45, 2.75) is 38.5 Å². The first-order chi connectivity index (χ1) is 14.0. The second kappa shape index (κ2) is 8.64. The highest BCUT2D eigenvalue weighted by molar-refractivity contribution is 6.32. The minimum Gasteiger partial charge on any atom is -0.472 e. The normalized spacial score (nSPS) is 20.2. The van der Waals surface area contributed by atoms with Crippen LogP contribution in [0.1, 0.15) is 24.6 Å². The Morgan fingerprint density at radius 1 is 1.34 bits per heavy atom. The van der Waals surface area contributed by atoms with Crippen LogP contribution in [0.15, 0.2) is 6.20 Å². The fourth-order valence-electron chi connectivity index (χ4n) is 3.36. The highest BCUT2D eigenvalue weighted by Gasteiger charge is 2.26. The van der Waals surface area contributed by atoms with E-state index in [1.807, 2.05) is 11.6 Å². The van der Waals surface area contributed by atoms with Crippen molar-refractivity contribution in [3.05, 3.63) is 16.9 Å². The summed E-state index contributed by atoms with van der Waals surface area (Å²) in [5.74, 6) is 0.869. The number of aromatic nitrogens is 4. The number of hydrogen-bond acceptors (Lipinski definition) is 8. The van der Waals surface area contributed by atoms with Crippen LogP contribution < -0.4 is 15.4 Å². The summed E-state index contributed by atoms with van der Waals surface area (Å²) in [6, 6.07) is 0.158. The molecule has 0 radical (unpaired) electrons. The molecular weight excluding hydrogens is 410 g/mol. The maximum Gasteiger partial charge on any atom is 0.345 e. The molecule has 1 fully saturated rings. The fraction of sp³-hybridized carbons (Fsp3) is 0.588. The smallest absolute Gasteiger partial charge is 0.345 e. The van der Waals surface area contributed by atoms with E-state index < -0.39 is 12.7 Å². The van der Waals surface area contributed by atoms with E-state index in [1.54, 1.807) is 0 Å². The highest BCUT2D eigenvalue weighted by atomic mass is 35.5. The van der Waals surface area contributed by atoms with Crippen LogP contribution >= 0.6 is 11.6 Å². The van der Waals surface area contributed by atoms with Crippen LogP contribution in [-0.4, -0.2) is 58.8 Å². The number of ether oxygens (including phenoxy) is 3. The summed E-state index contributed by atoms with van der Waals surface area (Å²) in [6.07, 6.45) is 2.14. The fourth-order valence-corrected chi connectivity index (χ4v) is 3.52. The number of anilines is 3. The van der Waals surface area contributed by atoms with Gasteiger partial charge in [-0.05, 0) is 19.8 Å². The lowest BCUT2D eigenvalue weighted by Crippen LogP contribution is -2.31.